The molecule has 0 amide bonds. The number of benzene rings is 3. The summed E-state index contributed by atoms with van der Waals surface area (Å²) < 4.78 is 47.8. The molecule has 0 aliphatic rings. The molecule has 0 saturated carbocycles. The van der Waals surface area contributed by atoms with Crippen LogP contribution in [-0.4, -0.2) is 21.0 Å². The molecule has 1 aromatic heterocycles. The van der Waals surface area contributed by atoms with Gasteiger partial charge in [-0.15, -0.1) is 0 Å². The largest absolute Gasteiger partial charge is 0.487 e. The predicted octanol–water partition coefficient (Wildman–Crippen LogP) is 6.75. The molecule has 0 fully saturated rings. The van der Waals surface area contributed by atoms with Gasteiger partial charge in [-0.25, -0.2) is 4.98 Å². The number of carboxylic acid groups (broad SMARTS) is 1. The Kier molecular flexibility index (Phi) is 7.42. The van der Waals surface area contributed by atoms with Gasteiger partial charge >= 0.3 is 12.1 Å². The van der Waals surface area contributed by atoms with Crippen LogP contribution in [0.2, 0.25) is 0 Å². The Bertz CT molecular complexity index is 1400. The first-order valence-corrected chi connectivity index (χ1v) is 12.0. The van der Waals surface area contributed by atoms with E-state index in [4.69, 9.17) is 15.6 Å². The maximum atomic E-state index is 14.0. The fourth-order valence-corrected chi connectivity index (χ4v) is 4.42. The Balaban J connectivity index is 1.59. The number of rotatable bonds is 8. The Morgan fingerprint density at radius 2 is 1.70 bits per heavy atom. The lowest BCUT2D eigenvalue weighted by molar-refractivity contribution is -0.139. The van der Waals surface area contributed by atoms with Gasteiger partial charge in [0, 0.05) is 5.56 Å². The topological polar surface area (TPSA) is 101 Å². The number of carboxylic acids is 1. The molecule has 0 spiro atoms. The highest BCUT2D eigenvalue weighted by atomic mass is 79.9. The fraction of sp³-hybridized carbons (Fsp3) is 0.185. The number of aliphatic carboxylic acids is 1. The third-order valence-electron chi connectivity index (χ3n) is 5.74. The number of alkyl halides is 3. The maximum absolute atomic E-state index is 14.0. The second kappa shape index (κ2) is 10.4. The van der Waals surface area contributed by atoms with Crippen molar-refractivity contribution in [1.82, 2.24) is 9.97 Å². The molecule has 10 heteroatoms. The molecule has 4 rings (SSSR count). The molecule has 0 unspecified atom stereocenters. The highest BCUT2D eigenvalue weighted by Crippen LogP contribution is 2.43. The predicted molar refractivity (Wildman–Crippen MR) is 137 cm³/mol. The number of halogens is 4. The molecule has 0 bridgehead atoms. The van der Waals surface area contributed by atoms with Crippen molar-refractivity contribution >= 4 is 21.9 Å². The van der Waals surface area contributed by atoms with E-state index in [0.717, 1.165) is 17.2 Å². The number of hydrogen-bond acceptors (Lipinski definition) is 4. The zero-order valence-corrected chi connectivity index (χ0v) is 21.2. The van der Waals surface area contributed by atoms with Crippen LogP contribution in [0.5, 0.6) is 5.75 Å². The summed E-state index contributed by atoms with van der Waals surface area (Å²) in [6, 6.07) is 19.6. The Hall–Kier alpha value is -3.63. The van der Waals surface area contributed by atoms with Gasteiger partial charge in [0.25, 0.3) is 0 Å². The summed E-state index contributed by atoms with van der Waals surface area (Å²) in [7, 11) is 0. The molecule has 3 aromatic carbocycles. The van der Waals surface area contributed by atoms with Crippen molar-refractivity contribution in [2.24, 2.45) is 5.73 Å². The number of imidazole rings is 1. The van der Waals surface area contributed by atoms with Gasteiger partial charge in [-0.2, -0.15) is 13.2 Å². The Labute approximate surface area is 219 Å². The summed E-state index contributed by atoms with van der Waals surface area (Å²) in [5.74, 6) is -1.31. The molecule has 192 valence electrons. The van der Waals surface area contributed by atoms with E-state index in [1.165, 1.54) is 19.2 Å². The second-order valence-electron chi connectivity index (χ2n) is 8.82. The number of carbonyl (C=O) groups is 1. The van der Waals surface area contributed by atoms with Gasteiger partial charge in [-0.3, -0.25) is 4.79 Å². The van der Waals surface area contributed by atoms with Crippen LogP contribution in [0.25, 0.3) is 22.4 Å². The molecule has 0 aliphatic carbocycles. The average molecular weight is 574 g/mol. The van der Waals surface area contributed by atoms with E-state index in [0.29, 0.717) is 5.56 Å². The van der Waals surface area contributed by atoms with Crippen LogP contribution >= 0.6 is 15.9 Å². The second-order valence-corrected chi connectivity index (χ2v) is 9.67. The monoisotopic (exact) mass is 573 g/mol. The van der Waals surface area contributed by atoms with E-state index >= 15 is 0 Å². The van der Waals surface area contributed by atoms with Crippen molar-refractivity contribution < 1.29 is 27.8 Å². The molecule has 1 heterocycles. The van der Waals surface area contributed by atoms with Crippen LogP contribution in [0.3, 0.4) is 0 Å². The molecule has 37 heavy (non-hydrogen) atoms. The maximum Gasteiger partial charge on any atom is 0.420 e. The standard InChI is InChI=1S/C27H23BrF3N3O3/c1-26(32,13-23(35)36)25-33-14-22(34-25)19-11-20(27(29,30)31)24(21(28)12-19)37-15-16-7-9-18(10-8-16)17-5-3-2-4-6-17/h2-12,14H,13,15,32H2,1H3,(H,33,34)(H,35,36)/t26-/m0/s1. The van der Waals surface area contributed by atoms with Crippen LogP contribution in [0.15, 0.2) is 77.4 Å². The van der Waals surface area contributed by atoms with Gasteiger partial charge in [-0.05, 0) is 51.7 Å². The third-order valence-corrected chi connectivity index (χ3v) is 6.33. The molecule has 0 saturated heterocycles. The highest BCUT2D eigenvalue weighted by molar-refractivity contribution is 9.10. The van der Waals surface area contributed by atoms with E-state index in [9.17, 15) is 18.0 Å². The number of H-pyrrole nitrogens is 1. The van der Waals surface area contributed by atoms with Crippen molar-refractivity contribution in [2.45, 2.75) is 31.7 Å². The van der Waals surface area contributed by atoms with E-state index < -0.39 is 29.7 Å². The van der Waals surface area contributed by atoms with Crippen molar-refractivity contribution in [3.8, 4) is 28.1 Å². The molecule has 1 atom stereocenters. The first kappa shape index (κ1) is 26.4. The van der Waals surface area contributed by atoms with Gasteiger partial charge < -0.3 is 20.6 Å². The van der Waals surface area contributed by atoms with Gasteiger partial charge in [0.2, 0.25) is 0 Å². The number of aromatic nitrogens is 2. The van der Waals surface area contributed by atoms with E-state index in [2.05, 4.69) is 25.9 Å². The summed E-state index contributed by atoms with van der Waals surface area (Å²) in [5, 5.41) is 9.06. The molecular formula is C27H23BrF3N3O3. The summed E-state index contributed by atoms with van der Waals surface area (Å²) in [6.07, 6.45) is -3.78. The minimum atomic E-state index is -4.69. The quantitative estimate of drug-likeness (QED) is 0.216. The fourth-order valence-electron chi connectivity index (χ4n) is 3.84. The normalized spacial score (nSPS) is 13.2. The lowest BCUT2D eigenvalue weighted by Gasteiger charge is -2.19. The highest BCUT2D eigenvalue weighted by Gasteiger charge is 2.36. The average Bonchev–Trinajstić information content (AvgIpc) is 3.34. The van der Waals surface area contributed by atoms with E-state index in [1.54, 1.807) is 0 Å². The van der Waals surface area contributed by atoms with Crippen LogP contribution in [0.4, 0.5) is 13.2 Å². The lowest BCUT2D eigenvalue weighted by atomic mass is 9.99. The summed E-state index contributed by atoms with van der Waals surface area (Å²) in [6.45, 7) is 1.41. The lowest BCUT2D eigenvalue weighted by Crippen LogP contribution is -2.36. The number of nitrogens with two attached hydrogens (primary N) is 1. The number of aromatic amines is 1. The summed E-state index contributed by atoms with van der Waals surface area (Å²) in [5.41, 5.74) is 6.92. The van der Waals surface area contributed by atoms with Crippen LogP contribution in [0.1, 0.15) is 30.3 Å². The first-order valence-electron chi connectivity index (χ1n) is 11.2. The Morgan fingerprint density at radius 1 is 1.05 bits per heavy atom. The van der Waals surface area contributed by atoms with Crippen molar-refractivity contribution in [2.75, 3.05) is 0 Å². The molecule has 4 aromatic rings. The van der Waals surface area contributed by atoms with Gasteiger partial charge in [0.1, 0.15) is 18.2 Å². The summed E-state index contributed by atoms with van der Waals surface area (Å²) >= 11 is 3.22. The minimum absolute atomic E-state index is 0.0645. The number of ether oxygens (including phenoxy) is 1. The number of nitrogens with zero attached hydrogens (tertiary/aromatic N) is 1. The van der Waals surface area contributed by atoms with Crippen LogP contribution < -0.4 is 10.5 Å². The van der Waals surface area contributed by atoms with Crippen molar-refractivity contribution in [1.29, 1.82) is 0 Å². The van der Waals surface area contributed by atoms with E-state index in [-0.39, 0.29) is 33.9 Å². The van der Waals surface area contributed by atoms with Crippen LogP contribution in [0, 0.1) is 0 Å². The SMILES string of the molecule is C[C@](N)(CC(=O)O)c1ncc(-c2cc(Br)c(OCc3ccc(-c4ccccc4)cc3)c(C(F)(F)F)c2)[nH]1. The number of nitrogens with one attached hydrogen (secondary N) is 1. The smallest absolute Gasteiger partial charge is 0.420 e. The van der Waals surface area contributed by atoms with Crippen molar-refractivity contribution in [3.05, 3.63) is 94.4 Å². The molecule has 0 aliphatic heterocycles. The zero-order valence-electron chi connectivity index (χ0n) is 19.6. The molecule has 6 nitrogen and oxygen atoms in total. The zero-order chi connectivity index (χ0) is 26.8. The van der Waals surface area contributed by atoms with E-state index in [1.807, 2.05) is 54.6 Å². The molecular weight excluding hydrogens is 551 g/mol. The van der Waals surface area contributed by atoms with Gasteiger partial charge in [-0.1, -0.05) is 54.6 Å². The molecule has 4 N–H and O–H groups in total. The minimum Gasteiger partial charge on any atom is -0.487 e. The Morgan fingerprint density at radius 3 is 2.32 bits per heavy atom. The van der Waals surface area contributed by atoms with Crippen molar-refractivity contribution in [3.63, 3.8) is 0 Å². The number of hydrogen-bond donors (Lipinski definition) is 3. The van der Waals surface area contributed by atoms with Gasteiger partial charge in [0.05, 0.1) is 33.9 Å². The first-order chi connectivity index (χ1) is 17.4. The molecule has 0 radical (unpaired) electrons. The van der Waals surface area contributed by atoms with Gasteiger partial charge in [0.15, 0.2) is 0 Å². The summed E-state index contributed by atoms with van der Waals surface area (Å²) in [4.78, 5) is 18.0. The van der Waals surface area contributed by atoms with Crippen LogP contribution in [-0.2, 0) is 23.1 Å². The third kappa shape index (κ3) is 6.20.